The van der Waals surface area contributed by atoms with Gasteiger partial charge in [-0.3, -0.25) is 19.5 Å². The van der Waals surface area contributed by atoms with Gasteiger partial charge in [0.1, 0.15) is 5.75 Å². The number of aromatic nitrogens is 3. The fourth-order valence-electron chi connectivity index (χ4n) is 4.40. The van der Waals surface area contributed by atoms with Crippen LogP contribution in [0.5, 0.6) is 5.75 Å². The number of allylic oxidation sites excluding steroid dienone is 1. The van der Waals surface area contributed by atoms with Crippen molar-refractivity contribution in [1.82, 2.24) is 14.5 Å². The Bertz CT molecular complexity index is 1880. The number of esters is 1. The van der Waals surface area contributed by atoms with Gasteiger partial charge < -0.3 is 9.47 Å². The standard InChI is InChI=1S/C29H25N5O6S2/c1-16(2)40-27(36)24-17(3)32-29-33(25(24)19-7-9-20(39-4)10-8-19)26(35)23(42-29)15-18-6-11-22(21(14-18)34(37)38)41-28-30-12-5-13-31-28/h5-16,25H,1-4H3/b23-15+/t25-/m1/s1. The normalized spacial score (nSPS) is 14.9. The lowest BCUT2D eigenvalue weighted by Gasteiger charge is -2.25. The van der Waals surface area contributed by atoms with Crippen LogP contribution in [0.1, 0.15) is 37.9 Å². The van der Waals surface area contributed by atoms with E-state index in [4.69, 9.17) is 9.47 Å². The minimum absolute atomic E-state index is 0.139. The molecule has 1 aliphatic rings. The molecule has 13 heteroatoms. The second kappa shape index (κ2) is 12.1. The molecule has 3 heterocycles. The van der Waals surface area contributed by atoms with E-state index in [9.17, 15) is 19.7 Å². The molecule has 0 amide bonds. The van der Waals surface area contributed by atoms with Gasteiger partial charge in [0.05, 0.1) is 44.9 Å². The first-order valence-electron chi connectivity index (χ1n) is 12.8. The number of hydrogen-bond donors (Lipinski definition) is 0. The zero-order valence-electron chi connectivity index (χ0n) is 23.0. The predicted molar refractivity (Wildman–Crippen MR) is 157 cm³/mol. The molecular formula is C29H25N5O6S2. The Morgan fingerprint density at radius 1 is 1.17 bits per heavy atom. The maximum atomic E-state index is 13.9. The van der Waals surface area contributed by atoms with Gasteiger partial charge in [0.2, 0.25) is 0 Å². The summed E-state index contributed by atoms with van der Waals surface area (Å²) in [7, 11) is 1.55. The van der Waals surface area contributed by atoms with Crippen LogP contribution >= 0.6 is 23.1 Å². The quantitative estimate of drug-likeness (QED) is 0.126. The number of rotatable bonds is 8. The number of nitrogens with zero attached hydrogens (tertiary/aromatic N) is 5. The monoisotopic (exact) mass is 603 g/mol. The van der Waals surface area contributed by atoms with E-state index in [1.54, 1.807) is 88.8 Å². The molecule has 0 spiro atoms. The van der Waals surface area contributed by atoms with E-state index in [0.29, 0.717) is 42.0 Å². The lowest BCUT2D eigenvalue weighted by atomic mass is 9.96. The largest absolute Gasteiger partial charge is 0.497 e. The highest BCUT2D eigenvalue weighted by atomic mass is 32.2. The van der Waals surface area contributed by atoms with E-state index in [2.05, 4.69) is 15.0 Å². The van der Waals surface area contributed by atoms with E-state index < -0.39 is 16.9 Å². The lowest BCUT2D eigenvalue weighted by Crippen LogP contribution is -2.40. The fourth-order valence-corrected chi connectivity index (χ4v) is 6.25. The second-order valence-corrected chi connectivity index (χ2v) is 11.4. The molecule has 0 bridgehead atoms. The number of carbonyl (C=O) groups excluding carboxylic acids is 1. The third-order valence-electron chi connectivity index (χ3n) is 6.24. The van der Waals surface area contributed by atoms with Gasteiger partial charge in [0.15, 0.2) is 9.96 Å². The van der Waals surface area contributed by atoms with Crippen molar-refractivity contribution in [2.45, 2.75) is 43.0 Å². The van der Waals surface area contributed by atoms with Crippen molar-refractivity contribution >= 4 is 40.8 Å². The Kier molecular flexibility index (Phi) is 8.31. The molecule has 1 atom stereocenters. The van der Waals surface area contributed by atoms with Gasteiger partial charge in [0, 0.05) is 18.5 Å². The molecule has 0 fully saturated rings. The van der Waals surface area contributed by atoms with Crippen LogP contribution in [-0.2, 0) is 9.53 Å². The highest BCUT2D eigenvalue weighted by Crippen LogP contribution is 2.34. The van der Waals surface area contributed by atoms with Crippen LogP contribution in [-0.4, -0.2) is 38.6 Å². The first-order chi connectivity index (χ1) is 20.2. The van der Waals surface area contributed by atoms with E-state index >= 15 is 0 Å². The number of nitro benzene ring substituents is 1. The van der Waals surface area contributed by atoms with Gasteiger partial charge >= 0.3 is 5.97 Å². The first-order valence-corrected chi connectivity index (χ1v) is 14.4. The van der Waals surface area contributed by atoms with Gasteiger partial charge in [-0.15, -0.1) is 0 Å². The van der Waals surface area contributed by atoms with Crippen LogP contribution in [0.3, 0.4) is 0 Å². The number of benzene rings is 2. The topological polar surface area (TPSA) is 139 Å². The molecule has 5 rings (SSSR count). The molecule has 0 unspecified atom stereocenters. The summed E-state index contributed by atoms with van der Waals surface area (Å²) in [6.45, 7) is 5.21. The molecule has 2 aromatic heterocycles. The molecule has 1 aliphatic heterocycles. The van der Waals surface area contributed by atoms with Gasteiger partial charge in [-0.05, 0) is 74.0 Å². The molecule has 11 nitrogen and oxygen atoms in total. The summed E-state index contributed by atoms with van der Waals surface area (Å²) >= 11 is 2.21. The maximum absolute atomic E-state index is 13.9. The van der Waals surface area contributed by atoms with Crippen LogP contribution in [0.15, 0.2) is 92.0 Å². The summed E-state index contributed by atoms with van der Waals surface area (Å²) in [5.41, 5.74) is 1.30. The average Bonchev–Trinajstić information content (AvgIpc) is 3.27. The smallest absolute Gasteiger partial charge is 0.338 e. The van der Waals surface area contributed by atoms with Crippen molar-refractivity contribution < 1.29 is 19.2 Å². The number of fused-ring (bicyclic) bond motifs is 1. The molecule has 0 N–H and O–H groups in total. The van der Waals surface area contributed by atoms with Crippen molar-refractivity contribution in [2.24, 2.45) is 4.99 Å². The van der Waals surface area contributed by atoms with Crippen LogP contribution in [0, 0.1) is 10.1 Å². The maximum Gasteiger partial charge on any atom is 0.338 e. The van der Waals surface area contributed by atoms with Crippen LogP contribution < -0.4 is 19.6 Å². The molecule has 42 heavy (non-hydrogen) atoms. The average molecular weight is 604 g/mol. The number of ether oxygens (including phenoxy) is 2. The van der Waals surface area contributed by atoms with Gasteiger partial charge in [-0.25, -0.2) is 19.8 Å². The SMILES string of the molecule is COc1ccc([C@@H]2C(C(=O)OC(C)C)=C(C)N=c3s/c(=C/c4ccc(Sc5ncccn5)c([N+](=O)[O-])c4)c(=O)n32)cc1. The highest BCUT2D eigenvalue weighted by Gasteiger charge is 2.34. The molecule has 0 saturated heterocycles. The van der Waals surface area contributed by atoms with Crippen molar-refractivity contribution in [3.8, 4) is 5.75 Å². The summed E-state index contributed by atoms with van der Waals surface area (Å²) in [5, 5.41) is 12.3. The molecular weight excluding hydrogens is 578 g/mol. The minimum atomic E-state index is -0.792. The molecule has 0 aliphatic carbocycles. The number of hydrogen-bond acceptors (Lipinski definition) is 11. The summed E-state index contributed by atoms with van der Waals surface area (Å²) < 4.78 is 12.6. The van der Waals surface area contributed by atoms with E-state index in [0.717, 1.165) is 23.1 Å². The predicted octanol–water partition coefficient (Wildman–Crippen LogP) is 4.04. The van der Waals surface area contributed by atoms with Crippen molar-refractivity contribution in [1.29, 1.82) is 0 Å². The van der Waals surface area contributed by atoms with Gasteiger partial charge in [0.25, 0.3) is 11.2 Å². The zero-order chi connectivity index (χ0) is 30.0. The minimum Gasteiger partial charge on any atom is -0.497 e. The number of thiazole rings is 1. The summed E-state index contributed by atoms with van der Waals surface area (Å²) in [6.07, 6.45) is 4.33. The molecule has 214 valence electrons. The van der Waals surface area contributed by atoms with Crippen molar-refractivity contribution in [2.75, 3.05) is 7.11 Å². The Morgan fingerprint density at radius 2 is 1.88 bits per heavy atom. The Morgan fingerprint density at radius 3 is 2.52 bits per heavy atom. The van der Waals surface area contributed by atoms with Crippen LogP contribution in [0.2, 0.25) is 0 Å². The molecule has 0 radical (unpaired) electrons. The highest BCUT2D eigenvalue weighted by molar-refractivity contribution is 7.99. The van der Waals surface area contributed by atoms with Crippen molar-refractivity contribution in [3.63, 3.8) is 0 Å². The van der Waals surface area contributed by atoms with E-state index in [-0.39, 0.29) is 22.9 Å². The third kappa shape index (κ3) is 5.87. The van der Waals surface area contributed by atoms with Crippen LogP contribution in [0.25, 0.3) is 6.08 Å². The summed E-state index contributed by atoms with van der Waals surface area (Å²) in [5.74, 6) is 0.0626. The third-order valence-corrected chi connectivity index (χ3v) is 8.18. The molecule has 4 aromatic rings. The van der Waals surface area contributed by atoms with E-state index in [1.807, 2.05) is 0 Å². The van der Waals surface area contributed by atoms with Crippen molar-refractivity contribution in [3.05, 3.63) is 113 Å². The Balaban J connectivity index is 1.62. The zero-order valence-corrected chi connectivity index (χ0v) is 24.6. The first kappa shape index (κ1) is 28.9. The van der Waals surface area contributed by atoms with E-state index in [1.165, 1.54) is 10.6 Å². The lowest BCUT2D eigenvalue weighted by molar-refractivity contribution is -0.387. The van der Waals surface area contributed by atoms with Gasteiger partial charge in [-0.2, -0.15) is 0 Å². The summed E-state index contributed by atoms with van der Waals surface area (Å²) in [6, 6.07) is 12.7. The fraction of sp³-hybridized carbons (Fsp3) is 0.207. The molecule has 0 saturated carbocycles. The van der Waals surface area contributed by atoms with Crippen LogP contribution in [0.4, 0.5) is 5.69 Å². The Labute approximate surface area is 248 Å². The Hall–Kier alpha value is -4.62. The number of carbonyl (C=O) groups is 1. The molecule has 2 aromatic carbocycles. The summed E-state index contributed by atoms with van der Waals surface area (Å²) in [4.78, 5) is 52.1. The number of nitro groups is 1. The van der Waals surface area contributed by atoms with Gasteiger partial charge in [-0.1, -0.05) is 29.5 Å². The number of methoxy groups -OCH3 is 1. The second-order valence-electron chi connectivity index (χ2n) is 9.43.